The number of nitrogens with two attached hydrogens (primary N) is 1. The maximum atomic E-state index is 5.72. The lowest BCUT2D eigenvalue weighted by Crippen LogP contribution is -2.17. The van der Waals surface area contributed by atoms with E-state index < -0.39 is 0 Å². The summed E-state index contributed by atoms with van der Waals surface area (Å²) >= 11 is 0. The highest BCUT2D eigenvalue weighted by atomic mass is 16.5. The molecule has 0 aliphatic carbocycles. The van der Waals surface area contributed by atoms with Crippen LogP contribution in [0.2, 0.25) is 0 Å². The molecule has 0 bridgehead atoms. The van der Waals surface area contributed by atoms with Crippen LogP contribution in [0.4, 0.5) is 0 Å². The molecule has 0 radical (unpaired) electrons. The summed E-state index contributed by atoms with van der Waals surface area (Å²) in [5, 5.41) is 0. The zero-order chi connectivity index (χ0) is 13.5. The predicted octanol–water partition coefficient (Wildman–Crippen LogP) is 1.75. The Morgan fingerprint density at radius 3 is 2.17 bits per heavy atom. The van der Waals surface area contributed by atoms with Crippen LogP contribution >= 0.6 is 0 Å². The molecule has 0 amide bonds. The Labute approximate surface area is 108 Å². The van der Waals surface area contributed by atoms with Gasteiger partial charge in [0, 0.05) is 18.7 Å². The quantitative estimate of drug-likeness (QED) is 0.804. The molecular weight excluding hydrogens is 234 g/mol. The van der Waals surface area contributed by atoms with Gasteiger partial charge in [-0.3, -0.25) is 0 Å². The summed E-state index contributed by atoms with van der Waals surface area (Å²) in [7, 11) is 4.74. The summed E-state index contributed by atoms with van der Waals surface area (Å²) < 4.78 is 21.5. The number of ether oxygens (including phenoxy) is 4. The Morgan fingerprint density at radius 1 is 1.06 bits per heavy atom. The first-order valence-corrected chi connectivity index (χ1v) is 5.83. The molecule has 0 fully saturated rings. The summed E-state index contributed by atoms with van der Waals surface area (Å²) in [5.74, 6) is 1.77. The molecular formula is C13H21NO4. The number of hydrogen-bond donors (Lipinski definition) is 1. The van der Waals surface area contributed by atoms with Crippen LogP contribution in [0, 0.1) is 0 Å². The van der Waals surface area contributed by atoms with E-state index in [1.165, 1.54) is 0 Å². The van der Waals surface area contributed by atoms with Gasteiger partial charge in [-0.25, -0.2) is 0 Å². The smallest absolute Gasteiger partial charge is 0.203 e. The van der Waals surface area contributed by atoms with Crippen molar-refractivity contribution in [1.29, 1.82) is 0 Å². The van der Waals surface area contributed by atoms with Gasteiger partial charge in [0.25, 0.3) is 0 Å². The Kier molecular flexibility index (Phi) is 5.74. The monoisotopic (exact) mass is 255 g/mol. The van der Waals surface area contributed by atoms with Gasteiger partial charge in [0.2, 0.25) is 5.75 Å². The first-order valence-electron chi connectivity index (χ1n) is 5.83. The summed E-state index contributed by atoms with van der Waals surface area (Å²) in [6, 6.07) is 3.70. The molecule has 1 unspecified atom stereocenters. The lowest BCUT2D eigenvalue weighted by Gasteiger charge is -2.21. The van der Waals surface area contributed by atoms with Crippen molar-refractivity contribution in [2.24, 2.45) is 5.73 Å². The highest BCUT2D eigenvalue weighted by Crippen LogP contribution is 2.42. The minimum atomic E-state index is -0.218. The van der Waals surface area contributed by atoms with Gasteiger partial charge in [0.15, 0.2) is 11.5 Å². The molecule has 1 aromatic carbocycles. The number of rotatable bonds is 7. The van der Waals surface area contributed by atoms with Gasteiger partial charge in [0.05, 0.1) is 27.4 Å². The standard InChI is InChI=1S/C13H21NO4/c1-5-18-11(8-14)9-6-7-10(15-2)13(17-4)12(9)16-3/h6-7,11H,5,8,14H2,1-4H3. The Morgan fingerprint density at radius 2 is 1.72 bits per heavy atom. The van der Waals surface area contributed by atoms with Crippen molar-refractivity contribution in [3.05, 3.63) is 17.7 Å². The van der Waals surface area contributed by atoms with Crippen LogP contribution in [0.1, 0.15) is 18.6 Å². The van der Waals surface area contributed by atoms with Crippen LogP contribution < -0.4 is 19.9 Å². The lowest BCUT2D eigenvalue weighted by atomic mass is 10.1. The zero-order valence-electron chi connectivity index (χ0n) is 11.4. The second-order valence-corrected chi connectivity index (χ2v) is 3.60. The summed E-state index contributed by atoms with van der Waals surface area (Å²) in [6.45, 7) is 2.88. The molecule has 5 heteroatoms. The second kappa shape index (κ2) is 7.08. The fourth-order valence-corrected chi connectivity index (χ4v) is 1.86. The zero-order valence-corrected chi connectivity index (χ0v) is 11.4. The van der Waals surface area contributed by atoms with E-state index in [-0.39, 0.29) is 6.10 Å². The van der Waals surface area contributed by atoms with E-state index in [0.29, 0.717) is 30.4 Å². The number of methoxy groups -OCH3 is 3. The van der Waals surface area contributed by atoms with Crippen molar-refractivity contribution in [2.45, 2.75) is 13.0 Å². The Balaban J connectivity index is 3.26. The molecule has 5 nitrogen and oxygen atoms in total. The highest BCUT2D eigenvalue weighted by molar-refractivity contribution is 5.56. The average Bonchev–Trinajstić information content (AvgIpc) is 2.42. The molecule has 18 heavy (non-hydrogen) atoms. The normalized spacial score (nSPS) is 12.1. The molecule has 1 aromatic rings. The van der Waals surface area contributed by atoms with Gasteiger partial charge in [0.1, 0.15) is 0 Å². The SMILES string of the molecule is CCOC(CN)c1ccc(OC)c(OC)c1OC. The van der Waals surface area contributed by atoms with Crippen LogP contribution in [-0.4, -0.2) is 34.5 Å². The third-order valence-corrected chi connectivity index (χ3v) is 2.66. The predicted molar refractivity (Wildman–Crippen MR) is 69.5 cm³/mol. The van der Waals surface area contributed by atoms with E-state index in [9.17, 15) is 0 Å². The van der Waals surface area contributed by atoms with Gasteiger partial charge in [-0.15, -0.1) is 0 Å². The number of hydrogen-bond acceptors (Lipinski definition) is 5. The highest BCUT2D eigenvalue weighted by Gasteiger charge is 2.21. The van der Waals surface area contributed by atoms with E-state index in [1.807, 2.05) is 19.1 Å². The summed E-state index contributed by atoms with van der Waals surface area (Å²) in [6.07, 6.45) is -0.218. The van der Waals surface area contributed by atoms with Gasteiger partial charge in [-0.2, -0.15) is 0 Å². The maximum absolute atomic E-state index is 5.72. The van der Waals surface area contributed by atoms with Crippen LogP contribution in [0.5, 0.6) is 17.2 Å². The van der Waals surface area contributed by atoms with E-state index >= 15 is 0 Å². The first kappa shape index (κ1) is 14.6. The van der Waals surface area contributed by atoms with Crippen LogP contribution in [-0.2, 0) is 4.74 Å². The summed E-state index contributed by atoms with van der Waals surface area (Å²) in [5.41, 5.74) is 6.58. The van der Waals surface area contributed by atoms with Crippen LogP contribution in [0.15, 0.2) is 12.1 Å². The molecule has 0 aliphatic heterocycles. The molecule has 0 aromatic heterocycles. The van der Waals surface area contributed by atoms with Crippen molar-refractivity contribution >= 4 is 0 Å². The molecule has 0 saturated heterocycles. The number of benzene rings is 1. The third kappa shape index (κ3) is 2.86. The molecule has 1 atom stereocenters. The molecule has 1 rings (SSSR count). The Bertz CT molecular complexity index is 381. The largest absolute Gasteiger partial charge is 0.493 e. The van der Waals surface area contributed by atoms with Crippen molar-refractivity contribution in [1.82, 2.24) is 0 Å². The third-order valence-electron chi connectivity index (χ3n) is 2.66. The van der Waals surface area contributed by atoms with Crippen molar-refractivity contribution in [2.75, 3.05) is 34.5 Å². The molecule has 2 N–H and O–H groups in total. The van der Waals surface area contributed by atoms with Gasteiger partial charge >= 0.3 is 0 Å². The van der Waals surface area contributed by atoms with Gasteiger partial charge in [-0.1, -0.05) is 0 Å². The van der Waals surface area contributed by atoms with Gasteiger partial charge in [-0.05, 0) is 19.1 Å². The minimum Gasteiger partial charge on any atom is -0.493 e. The molecule has 0 heterocycles. The first-order chi connectivity index (χ1) is 8.73. The van der Waals surface area contributed by atoms with Gasteiger partial charge < -0.3 is 24.7 Å². The lowest BCUT2D eigenvalue weighted by molar-refractivity contribution is 0.0666. The topological polar surface area (TPSA) is 62.9 Å². The van der Waals surface area contributed by atoms with Crippen LogP contribution in [0.3, 0.4) is 0 Å². The van der Waals surface area contributed by atoms with E-state index in [0.717, 1.165) is 5.56 Å². The fraction of sp³-hybridized carbons (Fsp3) is 0.538. The van der Waals surface area contributed by atoms with Crippen molar-refractivity contribution in [3.63, 3.8) is 0 Å². The average molecular weight is 255 g/mol. The summed E-state index contributed by atoms with van der Waals surface area (Å²) in [4.78, 5) is 0. The second-order valence-electron chi connectivity index (χ2n) is 3.60. The van der Waals surface area contributed by atoms with Crippen molar-refractivity contribution in [3.8, 4) is 17.2 Å². The van der Waals surface area contributed by atoms with E-state index in [1.54, 1.807) is 21.3 Å². The minimum absolute atomic E-state index is 0.218. The van der Waals surface area contributed by atoms with Crippen LogP contribution in [0.25, 0.3) is 0 Å². The molecule has 0 spiro atoms. The molecule has 0 saturated carbocycles. The maximum Gasteiger partial charge on any atom is 0.203 e. The van der Waals surface area contributed by atoms with E-state index in [2.05, 4.69) is 0 Å². The fourth-order valence-electron chi connectivity index (χ4n) is 1.86. The van der Waals surface area contributed by atoms with E-state index in [4.69, 9.17) is 24.7 Å². The Hall–Kier alpha value is -1.46. The van der Waals surface area contributed by atoms with Crippen molar-refractivity contribution < 1.29 is 18.9 Å². The molecule has 0 aliphatic rings. The molecule has 102 valence electrons.